The van der Waals surface area contributed by atoms with Crippen molar-refractivity contribution in [1.82, 2.24) is 5.43 Å². The van der Waals surface area contributed by atoms with Gasteiger partial charge in [-0.3, -0.25) is 5.84 Å². The lowest BCUT2D eigenvalue weighted by Crippen LogP contribution is -2.26. The van der Waals surface area contributed by atoms with Gasteiger partial charge in [-0.2, -0.15) is 0 Å². The van der Waals surface area contributed by atoms with Crippen molar-refractivity contribution in [3.63, 3.8) is 0 Å². The Hall–Kier alpha value is -0.720. The van der Waals surface area contributed by atoms with Crippen molar-refractivity contribution in [3.05, 3.63) is 33.8 Å². The summed E-state index contributed by atoms with van der Waals surface area (Å²) in [5.41, 5.74) is 3.21. The Labute approximate surface area is 87.0 Å². The van der Waals surface area contributed by atoms with Crippen LogP contribution in [0.2, 0.25) is 10.0 Å². The van der Waals surface area contributed by atoms with E-state index in [1.165, 1.54) is 0 Å². The van der Waals surface area contributed by atoms with Gasteiger partial charge >= 0.3 is 0 Å². The van der Waals surface area contributed by atoms with E-state index in [0.717, 1.165) is 5.56 Å². The number of nitrogens with two attached hydrogens (primary N) is 1. The molecule has 0 saturated heterocycles. The fraction of sp³-hybridized carbons (Fsp3) is 0.111. The van der Waals surface area contributed by atoms with Gasteiger partial charge in [0.2, 0.25) is 0 Å². The van der Waals surface area contributed by atoms with Gasteiger partial charge in [-0.1, -0.05) is 35.2 Å². The molecule has 0 aliphatic carbocycles. The zero-order chi connectivity index (χ0) is 9.84. The lowest BCUT2D eigenvalue weighted by molar-refractivity contribution is 0.674. The van der Waals surface area contributed by atoms with Gasteiger partial charge in [0.1, 0.15) is 6.04 Å². The molecule has 1 unspecified atom stereocenters. The number of halogens is 2. The van der Waals surface area contributed by atoms with Crippen molar-refractivity contribution in [2.24, 2.45) is 5.84 Å². The van der Waals surface area contributed by atoms with Crippen molar-refractivity contribution < 1.29 is 0 Å². The van der Waals surface area contributed by atoms with Crippen LogP contribution in [0.15, 0.2) is 18.2 Å². The van der Waals surface area contributed by atoms with Crippen molar-refractivity contribution in [2.75, 3.05) is 0 Å². The van der Waals surface area contributed by atoms with Gasteiger partial charge in [0.15, 0.2) is 0 Å². The van der Waals surface area contributed by atoms with E-state index in [4.69, 9.17) is 35.5 Å². The first-order valence-corrected chi connectivity index (χ1v) is 4.32. The molecule has 0 aromatic heterocycles. The molecule has 1 aromatic carbocycles. The van der Waals surface area contributed by atoms with Crippen LogP contribution < -0.4 is 11.3 Å². The van der Waals surface area contributed by atoms with Gasteiger partial charge in [0.25, 0.3) is 0 Å². The molecule has 0 aliphatic rings. The van der Waals surface area contributed by atoms with Gasteiger partial charge < -0.3 is 0 Å². The minimum absolute atomic E-state index is 0.384. The Bertz CT molecular complexity index is 344. The first-order chi connectivity index (χ1) is 6.19. The minimum Gasteiger partial charge on any atom is -0.270 e. The molecule has 0 fully saturated rings. The second kappa shape index (κ2) is 4.50. The van der Waals surface area contributed by atoms with Crippen LogP contribution >= 0.6 is 23.2 Å². The second-order valence-corrected chi connectivity index (χ2v) is 3.28. The SMILES string of the molecule is C#CC(NN)c1ccc(Cl)cc1Cl. The number of nitrogens with one attached hydrogen (secondary N) is 1. The van der Waals surface area contributed by atoms with E-state index >= 15 is 0 Å². The molecular formula is C9H8Cl2N2. The quantitative estimate of drug-likeness (QED) is 0.450. The summed E-state index contributed by atoms with van der Waals surface area (Å²) in [5.74, 6) is 7.70. The summed E-state index contributed by atoms with van der Waals surface area (Å²) < 4.78 is 0. The van der Waals surface area contributed by atoms with Crippen LogP contribution in [-0.4, -0.2) is 0 Å². The summed E-state index contributed by atoms with van der Waals surface area (Å²) in [4.78, 5) is 0. The molecule has 4 heteroatoms. The molecule has 0 aliphatic heterocycles. The van der Waals surface area contributed by atoms with Crippen molar-refractivity contribution in [3.8, 4) is 12.3 Å². The third-order valence-corrected chi connectivity index (χ3v) is 2.17. The molecule has 68 valence electrons. The Morgan fingerprint density at radius 2 is 2.15 bits per heavy atom. The second-order valence-electron chi connectivity index (χ2n) is 2.43. The van der Waals surface area contributed by atoms with Crippen LogP contribution in [-0.2, 0) is 0 Å². The highest BCUT2D eigenvalue weighted by Crippen LogP contribution is 2.25. The molecule has 1 rings (SSSR count). The molecule has 0 spiro atoms. The average Bonchev–Trinajstić information content (AvgIpc) is 2.10. The maximum absolute atomic E-state index is 5.91. The van der Waals surface area contributed by atoms with E-state index in [9.17, 15) is 0 Å². The molecule has 0 heterocycles. The van der Waals surface area contributed by atoms with E-state index < -0.39 is 0 Å². The molecule has 2 nitrogen and oxygen atoms in total. The number of rotatable bonds is 2. The first-order valence-electron chi connectivity index (χ1n) is 3.56. The Kier molecular flexibility index (Phi) is 3.58. The Balaban J connectivity index is 3.09. The van der Waals surface area contributed by atoms with Gasteiger partial charge in [0.05, 0.1) is 0 Å². The summed E-state index contributed by atoms with van der Waals surface area (Å²) in [6, 6.07) is 4.70. The van der Waals surface area contributed by atoms with Crippen molar-refractivity contribution in [2.45, 2.75) is 6.04 Å². The average molecular weight is 215 g/mol. The zero-order valence-corrected chi connectivity index (χ0v) is 8.23. The predicted molar refractivity (Wildman–Crippen MR) is 55.4 cm³/mol. The normalized spacial score (nSPS) is 12.2. The maximum atomic E-state index is 5.91. The van der Waals surface area contributed by atoms with Gasteiger partial charge in [-0.25, -0.2) is 5.43 Å². The summed E-state index contributed by atoms with van der Waals surface area (Å²) >= 11 is 11.6. The summed E-state index contributed by atoms with van der Waals surface area (Å²) in [6.45, 7) is 0. The van der Waals surface area contributed by atoms with E-state index in [2.05, 4.69) is 11.3 Å². The van der Waals surface area contributed by atoms with Crippen molar-refractivity contribution >= 4 is 23.2 Å². The van der Waals surface area contributed by atoms with Crippen LogP contribution in [0.4, 0.5) is 0 Å². The number of hydrazine groups is 1. The Morgan fingerprint density at radius 3 is 2.62 bits per heavy atom. The topological polar surface area (TPSA) is 38.0 Å². The Morgan fingerprint density at radius 1 is 1.46 bits per heavy atom. The molecule has 0 radical (unpaired) electrons. The standard InChI is InChI=1S/C9H8Cl2N2/c1-2-9(13-12)7-4-3-6(10)5-8(7)11/h1,3-5,9,13H,12H2. The van der Waals surface area contributed by atoms with Crippen LogP contribution in [0.1, 0.15) is 11.6 Å². The fourth-order valence-electron chi connectivity index (χ4n) is 0.963. The largest absolute Gasteiger partial charge is 0.270 e. The summed E-state index contributed by atoms with van der Waals surface area (Å²) in [5, 5.41) is 1.08. The number of hydrogen-bond acceptors (Lipinski definition) is 2. The smallest absolute Gasteiger partial charge is 0.108 e. The molecule has 3 N–H and O–H groups in total. The molecule has 1 aromatic rings. The summed E-state index contributed by atoms with van der Waals surface area (Å²) in [6.07, 6.45) is 5.24. The highest BCUT2D eigenvalue weighted by Gasteiger charge is 2.09. The highest BCUT2D eigenvalue weighted by atomic mass is 35.5. The third kappa shape index (κ3) is 2.36. The van der Waals surface area contributed by atoms with Gasteiger partial charge in [-0.05, 0) is 12.1 Å². The van der Waals surface area contributed by atoms with E-state index in [0.29, 0.717) is 10.0 Å². The molecule has 0 saturated carbocycles. The number of hydrogen-bond donors (Lipinski definition) is 2. The minimum atomic E-state index is -0.384. The monoisotopic (exact) mass is 214 g/mol. The van der Waals surface area contributed by atoms with Crippen LogP contribution in [0.3, 0.4) is 0 Å². The molecule has 0 bridgehead atoms. The highest BCUT2D eigenvalue weighted by molar-refractivity contribution is 6.35. The zero-order valence-electron chi connectivity index (χ0n) is 6.72. The van der Waals surface area contributed by atoms with Gasteiger partial charge in [-0.15, -0.1) is 6.42 Å². The molecule has 1 atom stereocenters. The van der Waals surface area contributed by atoms with Gasteiger partial charge in [0, 0.05) is 15.6 Å². The molecule has 0 amide bonds. The third-order valence-electron chi connectivity index (χ3n) is 1.61. The number of benzene rings is 1. The summed E-state index contributed by atoms with van der Waals surface area (Å²) in [7, 11) is 0. The van der Waals surface area contributed by atoms with Crippen LogP contribution in [0.25, 0.3) is 0 Å². The maximum Gasteiger partial charge on any atom is 0.108 e. The first kappa shape index (κ1) is 10.4. The lowest BCUT2D eigenvalue weighted by atomic mass is 10.1. The lowest BCUT2D eigenvalue weighted by Gasteiger charge is -2.11. The number of terminal acetylenes is 1. The fourth-order valence-corrected chi connectivity index (χ4v) is 1.48. The molecular weight excluding hydrogens is 207 g/mol. The van der Waals surface area contributed by atoms with E-state index in [-0.39, 0.29) is 6.04 Å². The van der Waals surface area contributed by atoms with Crippen LogP contribution in [0.5, 0.6) is 0 Å². The van der Waals surface area contributed by atoms with Crippen molar-refractivity contribution in [1.29, 1.82) is 0 Å². The van der Waals surface area contributed by atoms with Crippen LogP contribution in [0, 0.1) is 12.3 Å². The predicted octanol–water partition coefficient (Wildman–Crippen LogP) is 2.13. The van der Waals surface area contributed by atoms with E-state index in [1.807, 2.05) is 0 Å². The molecule has 13 heavy (non-hydrogen) atoms. The van der Waals surface area contributed by atoms with E-state index in [1.54, 1.807) is 18.2 Å².